The topological polar surface area (TPSA) is 112 Å². The first-order chi connectivity index (χ1) is 24.9. The van der Waals surface area contributed by atoms with Crippen molar-refractivity contribution in [1.29, 1.82) is 0 Å². The molecule has 0 aliphatic carbocycles. The van der Waals surface area contributed by atoms with E-state index in [1.165, 1.54) is 90.3 Å². The standard InChI is InChI=1S/C37H32F6N2O8/c1-18-28(38)32(42)29(39)19(2)34(18)44(5)36(48)52-24-11-7-22(8-12-24)16-50-26(46)15-27(47)51-17-23-9-13-25(14-10-23)53-37(49)45(6)35-20(3)30(40)33(43)31(41)21(35)4/h7-14H,15-17H2,1-6H3. The number of carbonyl (C=O) groups excluding carboxylic acids is 4. The fourth-order valence-corrected chi connectivity index (χ4v) is 5.21. The number of hydrogen-bond donors (Lipinski definition) is 0. The number of carbonyl (C=O) groups is 4. The molecule has 0 N–H and O–H groups in total. The Bertz CT molecular complexity index is 1870. The highest BCUT2D eigenvalue weighted by molar-refractivity contribution is 5.92. The molecule has 0 atom stereocenters. The summed E-state index contributed by atoms with van der Waals surface area (Å²) < 4.78 is 104. The van der Waals surface area contributed by atoms with Crippen LogP contribution in [0.1, 0.15) is 39.8 Å². The predicted molar refractivity (Wildman–Crippen MR) is 178 cm³/mol. The normalized spacial score (nSPS) is 10.8. The summed E-state index contributed by atoms with van der Waals surface area (Å²) in [5.41, 5.74) is -0.578. The van der Waals surface area contributed by atoms with E-state index in [-0.39, 0.29) is 58.3 Å². The molecule has 0 aliphatic rings. The summed E-state index contributed by atoms with van der Waals surface area (Å²) in [7, 11) is 2.42. The number of benzene rings is 4. The second-order valence-corrected chi connectivity index (χ2v) is 11.7. The van der Waals surface area contributed by atoms with Gasteiger partial charge in [0, 0.05) is 36.3 Å². The van der Waals surface area contributed by atoms with Crippen LogP contribution in [0.15, 0.2) is 48.5 Å². The van der Waals surface area contributed by atoms with Crippen molar-refractivity contribution >= 4 is 35.5 Å². The summed E-state index contributed by atoms with van der Waals surface area (Å²) in [4.78, 5) is 51.4. The van der Waals surface area contributed by atoms with Gasteiger partial charge in [0.05, 0.1) is 11.4 Å². The van der Waals surface area contributed by atoms with Gasteiger partial charge in [0.2, 0.25) is 0 Å². The Morgan fingerprint density at radius 3 is 1.06 bits per heavy atom. The van der Waals surface area contributed by atoms with Crippen molar-refractivity contribution in [3.05, 3.63) is 117 Å². The first-order valence-electron chi connectivity index (χ1n) is 15.6. The van der Waals surface area contributed by atoms with Crippen molar-refractivity contribution in [2.45, 2.75) is 47.3 Å². The number of anilines is 2. The first kappa shape index (κ1) is 39.7. The maximum Gasteiger partial charge on any atom is 0.419 e. The van der Waals surface area contributed by atoms with Crippen LogP contribution in [0.2, 0.25) is 0 Å². The van der Waals surface area contributed by atoms with Gasteiger partial charge in [0.15, 0.2) is 34.9 Å². The lowest BCUT2D eigenvalue weighted by Gasteiger charge is -2.22. The molecule has 0 aliphatic heterocycles. The lowest BCUT2D eigenvalue weighted by atomic mass is 10.1. The molecule has 0 bridgehead atoms. The van der Waals surface area contributed by atoms with Crippen molar-refractivity contribution in [1.82, 2.24) is 0 Å². The molecule has 0 spiro atoms. The summed E-state index contributed by atoms with van der Waals surface area (Å²) in [6.07, 6.45) is -2.72. The van der Waals surface area contributed by atoms with Gasteiger partial charge in [0.1, 0.15) is 31.1 Å². The van der Waals surface area contributed by atoms with Crippen LogP contribution in [0.25, 0.3) is 0 Å². The molecular weight excluding hydrogens is 714 g/mol. The zero-order chi connectivity index (χ0) is 39.3. The number of amides is 2. The molecule has 10 nitrogen and oxygen atoms in total. The number of esters is 2. The van der Waals surface area contributed by atoms with Crippen molar-refractivity contribution in [2.75, 3.05) is 23.9 Å². The Labute approximate surface area is 299 Å². The maximum atomic E-state index is 14.1. The van der Waals surface area contributed by atoms with Crippen LogP contribution in [0, 0.1) is 62.6 Å². The van der Waals surface area contributed by atoms with Gasteiger partial charge >= 0.3 is 24.1 Å². The molecule has 2 amide bonds. The van der Waals surface area contributed by atoms with Crippen LogP contribution in [-0.4, -0.2) is 38.2 Å². The van der Waals surface area contributed by atoms with Gasteiger partial charge in [-0.2, -0.15) is 0 Å². The van der Waals surface area contributed by atoms with Gasteiger partial charge in [-0.1, -0.05) is 24.3 Å². The van der Waals surface area contributed by atoms with Gasteiger partial charge in [-0.3, -0.25) is 19.4 Å². The summed E-state index contributed by atoms with van der Waals surface area (Å²) in [6.45, 7) is 4.29. The number of nitrogens with zero attached hydrogens (tertiary/aromatic N) is 2. The predicted octanol–water partition coefficient (Wildman–Crippen LogP) is 8.20. The van der Waals surface area contributed by atoms with Crippen LogP contribution >= 0.6 is 0 Å². The SMILES string of the molecule is Cc1c(F)c(F)c(F)c(C)c1N(C)C(=O)Oc1ccc(COC(=O)CC(=O)OCc2ccc(OC(=O)N(C)c3c(C)c(F)c(F)c(F)c3C)cc2)cc1. The quantitative estimate of drug-likeness (QED) is 0.0692. The summed E-state index contributed by atoms with van der Waals surface area (Å²) >= 11 is 0. The molecule has 53 heavy (non-hydrogen) atoms. The highest BCUT2D eigenvalue weighted by atomic mass is 19.2. The third-order valence-corrected chi connectivity index (χ3v) is 8.07. The lowest BCUT2D eigenvalue weighted by molar-refractivity contribution is -0.156. The molecule has 0 fully saturated rings. The van der Waals surface area contributed by atoms with Gasteiger partial charge < -0.3 is 18.9 Å². The van der Waals surface area contributed by atoms with E-state index >= 15 is 0 Å². The number of halogens is 6. The molecule has 4 rings (SSSR count). The van der Waals surface area contributed by atoms with E-state index in [1.807, 2.05) is 0 Å². The van der Waals surface area contributed by atoms with Crippen LogP contribution < -0.4 is 19.3 Å². The molecular formula is C37H32F6N2O8. The van der Waals surface area contributed by atoms with E-state index in [1.54, 1.807) is 0 Å². The Morgan fingerprint density at radius 1 is 0.491 bits per heavy atom. The molecule has 4 aromatic rings. The van der Waals surface area contributed by atoms with Crippen LogP contribution in [0.3, 0.4) is 0 Å². The van der Waals surface area contributed by atoms with E-state index < -0.39 is 65.4 Å². The fraction of sp³-hybridized carbons (Fsp3) is 0.243. The third-order valence-electron chi connectivity index (χ3n) is 8.07. The minimum atomic E-state index is -1.65. The Morgan fingerprint density at radius 2 is 0.774 bits per heavy atom. The van der Waals surface area contributed by atoms with Gasteiger partial charge in [-0.15, -0.1) is 0 Å². The molecule has 16 heteroatoms. The highest BCUT2D eigenvalue weighted by Gasteiger charge is 2.27. The summed E-state index contributed by atoms with van der Waals surface area (Å²) in [5, 5.41) is 0. The van der Waals surface area contributed by atoms with E-state index in [2.05, 4.69) is 0 Å². The molecule has 0 saturated heterocycles. The number of hydrogen-bond acceptors (Lipinski definition) is 8. The van der Waals surface area contributed by atoms with E-state index in [0.717, 1.165) is 9.80 Å². The third kappa shape index (κ3) is 8.88. The fourth-order valence-electron chi connectivity index (χ4n) is 5.21. The van der Waals surface area contributed by atoms with Gasteiger partial charge in [-0.25, -0.2) is 35.9 Å². The minimum Gasteiger partial charge on any atom is -0.460 e. The zero-order valence-electron chi connectivity index (χ0n) is 29.2. The van der Waals surface area contributed by atoms with Gasteiger partial charge in [0.25, 0.3) is 0 Å². The van der Waals surface area contributed by atoms with Crippen molar-refractivity contribution in [3.8, 4) is 11.5 Å². The summed E-state index contributed by atoms with van der Waals surface area (Å²) in [6, 6.07) is 11.3. The zero-order valence-corrected chi connectivity index (χ0v) is 29.2. The monoisotopic (exact) mass is 746 g/mol. The molecule has 0 saturated carbocycles. The molecule has 280 valence electrons. The van der Waals surface area contributed by atoms with Crippen molar-refractivity contribution in [2.24, 2.45) is 0 Å². The van der Waals surface area contributed by atoms with E-state index in [4.69, 9.17) is 18.9 Å². The first-order valence-corrected chi connectivity index (χ1v) is 15.6. The molecule has 0 unspecified atom stereocenters. The van der Waals surface area contributed by atoms with E-state index in [0.29, 0.717) is 11.1 Å². The minimum absolute atomic E-state index is 0.0425. The largest absolute Gasteiger partial charge is 0.460 e. The van der Waals surface area contributed by atoms with Crippen molar-refractivity contribution < 1.29 is 64.5 Å². The van der Waals surface area contributed by atoms with E-state index in [9.17, 15) is 45.5 Å². The van der Waals surface area contributed by atoms with Gasteiger partial charge in [-0.05, 0) is 63.1 Å². The average molecular weight is 747 g/mol. The summed E-state index contributed by atoms with van der Waals surface area (Å²) in [5.74, 6) is -10.7. The van der Waals surface area contributed by atoms with Crippen LogP contribution in [0.5, 0.6) is 11.5 Å². The second-order valence-electron chi connectivity index (χ2n) is 11.7. The molecule has 0 radical (unpaired) electrons. The lowest BCUT2D eigenvalue weighted by Crippen LogP contribution is -2.31. The second kappa shape index (κ2) is 16.5. The maximum absolute atomic E-state index is 14.1. The highest BCUT2D eigenvalue weighted by Crippen LogP contribution is 2.33. The Balaban J connectivity index is 1.22. The smallest absolute Gasteiger partial charge is 0.419 e. The van der Waals surface area contributed by atoms with Crippen LogP contribution in [-0.2, 0) is 32.3 Å². The number of ether oxygens (including phenoxy) is 4. The average Bonchev–Trinajstić information content (AvgIpc) is 3.14. The van der Waals surface area contributed by atoms with Crippen LogP contribution in [0.4, 0.5) is 47.3 Å². The molecule has 0 aromatic heterocycles. The Kier molecular flexibility index (Phi) is 12.4. The molecule has 0 heterocycles. The number of rotatable bonds is 10. The Hall–Kier alpha value is -6.06. The molecule has 4 aromatic carbocycles. The van der Waals surface area contributed by atoms with Crippen molar-refractivity contribution in [3.63, 3.8) is 0 Å².